The molecule has 0 amide bonds. The number of anilines is 3. The van der Waals surface area contributed by atoms with E-state index in [2.05, 4.69) is 63.5 Å². The van der Waals surface area contributed by atoms with Crippen molar-refractivity contribution in [3.05, 3.63) is 101 Å². The summed E-state index contributed by atoms with van der Waals surface area (Å²) < 4.78 is 0. The highest BCUT2D eigenvalue weighted by Crippen LogP contribution is 2.53. The standard InChI is InChI=1S/C25H17N3/c1-2-5-19-15(4-1)10-16-7-8-22-20(24(16)19)11-17-13-26-14-18-12-21-23(6-3-9-27-21)28(22)25(17)18/h1-9,13-14H,10-12H2. The molecule has 7 rings (SSSR count). The SMILES string of the molecule is c1ccc2c(c1)Cc1ccc3c(c1-2)Cc1cncc2c1N3c1cccnc1C2. The van der Waals surface area contributed by atoms with E-state index in [0.29, 0.717) is 0 Å². The molecule has 0 radical (unpaired) electrons. The predicted octanol–water partition coefficient (Wildman–Crippen LogP) is 5.33. The molecule has 0 spiro atoms. The second-order valence-corrected chi connectivity index (χ2v) is 7.90. The van der Waals surface area contributed by atoms with Gasteiger partial charge in [0.2, 0.25) is 0 Å². The summed E-state index contributed by atoms with van der Waals surface area (Å²) in [5, 5.41) is 0. The van der Waals surface area contributed by atoms with Gasteiger partial charge in [0.05, 0.1) is 22.8 Å². The van der Waals surface area contributed by atoms with E-state index in [4.69, 9.17) is 0 Å². The van der Waals surface area contributed by atoms with Gasteiger partial charge in [0.25, 0.3) is 0 Å². The van der Waals surface area contributed by atoms with Crippen molar-refractivity contribution in [1.29, 1.82) is 0 Å². The van der Waals surface area contributed by atoms with Crippen LogP contribution in [0.2, 0.25) is 0 Å². The zero-order valence-electron chi connectivity index (χ0n) is 15.3. The summed E-state index contributed by atoms with van der Waals surface area (Å²) in [6.45, 7) is 0. The molecule has 3 aliphatic rings. The first kappa shape index (κ1) is 14.6. The molecule has 2 aromatic carbocycles. The van der Waals surface area contributed by atoms with Crippen molar-refractivity contribution in [3.63, 3.8) is 0 Å². The van der Waals surface area contributed by atoms with Gasteiger partial charge in [-0.2, -0.15) is 0 Å². The molecule has 3 nitrogen and oxygen atoms in total. The lowest BCUT2D eigenvalue weighted by Gasteiger charge is -2.39. The van der Waals surface area contributed by atoms with Crippen LogP contribution in [0.4, 0.5) is 17.1 Å². The molecule has 0 bridgehead atoms. The maximum Gasteiger partial charge on any atom is 0.0688 e. The van der Waals surface area contributed by atoms with Crippen molar-refractivity contribution in [1.82, 2.24) is 9.97 Å². The Labute approximate surface area is 163 Å². The summed E-state index contributed by atoms with van der Waals surface area (Å²) in [6, 6.07) is 17.7. The first-order chi connectivity index (χ1) is 13.9. The fraction of sp³-hybridized carbons (Fsp3) is 0.120. The summed E-state index contributed by atoms with van der Waals surface area (Å²) >= 11 is 0. The predicted molar refractivity (Wildman–Crippen MR) is 111 cm³/mol. The molecule has 4 aromatic rings. The van der Waals surface area contributed by atoms with Crippen LogP contribution in [0.15, 0.2) is 67.1 Å². The van der Waals surface area contributed by atoms with E-state index in [1.807, 2.05) is 18.5 Å². The summed E-state index contributed by atoms with van der Waals surface area (Å²) in [4.78, 5) is 11.7. The van der Waals surface area contributed by atoms with Crippen LogP contribution in [-0.4, -0.2) is 9.97 Å². The minimum Gasteiger partial charge on any atom is -0.308 e. The van der Waals surface area contributed by atoms with Gasteiger partial charge in [-0.05, 0) is 58.0 Å². The van der Waals surface area contributed by atoms with E-state index in [1.165, 1.54) is 56.0 Å². The third kappa shape index (κ3) is 1.74. The smallest absolute Gasteiger partial charge is 0.0688 e. The van der Waals surface area contributed by atoms with Crippen LogP contribution in [0, 0.1) is 0 Å². The Morgan fingerprint density at radius 3 is 2.57 bits per heavy atom. The average Bonchev–Trinajstić information content (AvgIpc) is 3.12. The summed E-state index contributed by atoms with van der Waals surface area (Å²) in [6.07, 6.45) is 8.78. The molecule has 0 saturated heterocycles. The first-order valence-electron chi connectivity index (χ1n) is 9.81. The van der Waals surface area contributed by atoms with Crippen molar-refractivity contribution in [2.24, 2.45) is 0 Å². The van der Waals surface area contributed by atoms with Crippen LogP contribution in [0.1, 0.15) is 33.5 Å². The zero-order valence-corrected chi connectivity index (χ0v) is 15.3. The number of benzene rings is 2. The van der Waals surface area contributed by atoms with Gasteiger partial charge in [0, 0.05) is 37.0 Å². The largest absolute Gasteiger partial charge is 0.308 e. The Morgan fingerprint density at radius 1 is 0.714 bits per heavy atom. The highest BCUT2D eigenvalue weighted by molar-refractivity contribution is 5.93. The van der Waals surface area contributed by atoms with Crippen molar-refractivity contribution in [2.75, 3.05) is 4.90 Å². The topological polar surface area (TPSA) is 29.0 Å². The zero-order chi connectivity index (χ0) is 18.2. The Hall–Kier alpha value is -3.46. The maximum absolute atomic E-state index is 4.68. The fourth-order valence-electron chi connectivity index (χ4n) is 5.28. The van der Waals surface area contributed by atoms with Crippen LogP contribution < -0.4 is 4.90 Å². The molecule has 4 heterocycles. The Bertz CT molecular complexity index is 1310. The Morgan fingerprint density at radius 2 is 1.61 bits per heavy atom. The van der Waals surface area contributed by atoms with Crippen molar-refractivity contribution in [3.8, 4) is 11.1 Å². The van der Waals surface area contributed by atoms with E-state index in [0.717, 1.165) is 25.0 Å². The van der Waals surface area contributed by atoms with Gasteiger partial charge in [-0.1, -0.05) is 30.3 Å². The molecular formula is C25H17N3. The second kappa shape index (κ2) is 5.08. The minimum absolute atomic E-state index is 0.853. The van der Waals surface area contributed by atoms with E-state index >= 15 is 0 Å². The summed E-state index contributed by atoms with van der Waals surface area (Å²) in [5.74, 6) is 0. The third-order valence-corrected chi connectivity index (χ3v) is 6.41. The summed E-state index contributed by atoms with van der Waals surface area (Å²) in [7, 11) is 0. The van der Waals surface area contributed by atoms with Crippen LogP contribution in [0.5, 0.6) is 0 Å². The molecule has 0 N–H and O–H groups in total. The van der Waals surface area contributed by atoms with E-state index < -0.39 is 0 Å². The number of aromatic nitrogens is 2. The van der Waals surface area contributed by atoms with Crippen LogP contribution in [0.3, 0.4) is 0 Å². The second-order valence-electron chi connectivity index (χ2n) is 7.90. The number of fused-ring (bicyclic) bond motifs is 8. The van der Waals surface area contributed by atoms with E-state index in [1.54, 1.807) is 0 Å². The lowest BCUT2D eigenvalue weighted by molar-refractivity contribution is 0.952. The van der Waals surface area contributed by atoms with Crippen LogP contribution in [-0.2, 0) is 19.3 Å². The lowest BCUT2D eigenvalue weighted by Crippen LogP contribution is -2.25. The van der Waals surface area contributed by atoms with Crippen LogP contribution in [0.25, 0.3) is 11.1 Å². The first-order valence-corrected chi connectivity index (χ1v) is 9.81. The number of pyridine rings is 2. The molecule has 0 unspecified atom stereocenters. The van der Waals surface area contributed by atoms with Crippen molar-refractivity contribution in [2.45, 2.75) is 19.3 Å². The van der Waals surface area contributed by atoms with Crippen molar-refractivity contribution < 1.29 is 0 Å². The lowest BCUT2D eigenvalue weighted by atomic mass is 9.86. The minimum atomic E-state index is 0.853. The molecule has 0 saturated carbocycles. The molecule has 2 aromatic heterocycles. The Balaban J connectivity index is 1.56. The summed E-state index contributed by atoms with van der Waals surface area (Å²) in [5.41, 5.74) is 14.7. The van der Waals surface area contributed by atoms with Gasteiger partial charge < -0.3 is 4.90 Å². The van der Waals surface area contributed by atoms with Crippen molar-refractivity contribution >= 4 is 17.1 Å². The third-order valence-electron chi connectivity index (χ3n) is 6.41. The molecule has 2 aliphatic heterocycles. The monoisotopic (exact) mass is 359 g/mol. The number of rotatable bonds is 0. The molecule has 1 aliphatic carbocycles. The van der Waals surface area contributed by atoms with Gasteiger partial charge in [-0.25, -0.2) is 0 Å². The Kier molecular flexibility index (Phi) is 2.64. The molecule has 132 valence electrons. The molecular weight excluding hydrogens is 342 g/mol. The number of hydrogen-bond donors (Lipinski definition) is 0. The van der Waals surface area contributed by atoms with Gasteiger partial charge in [-0.3, -0.25) is 9.97 Å². The fourth-order valence-corrected chi connectivity index (χ4v) is 5.28. The molecule has 0 atom stereocenters. The quantitative estimate of drug-likeness (QED) is 0.367. The maximum atomic E-state index is 4.68. The normalized spacial score (nSPS) is 14.6. The molecule has 3 heteroatoms. The number of nitrogens with zero attached hydrogens (tertiary/aromatic N) is 3. The van der Waals surface area contributed by atoms with Gasteiger partial charge in [0.15, 0.2) is 0 Å². The molecule has 0 fully saturated rings. The van der Waals surface area contributed by atoms with Gasteiger partial charge in [-0.15, -0.1) is 0 Å². The van der Waals surface area contributed by atoms with Crippen LogP contribution >= 0.6 is 0 Å². The molecule has 28 heavy (non-hydrogen) atoms. The van der Waals surface area contributed by atoms with E-state index in [9.17, 15) is 0 Å². The van der Waals surface area contributed by atoms with Gasteiger partial charge in [0.1, 0.15) is 0 Å². The highest BCUT2D eigenvalue weighted by Gasteiger charge is 2.35. The number of hydrogen-bond acceptors (Lipinski definition) is 3. The van der Waals surface area contributed by atoms with Gasteiger partial charge >= 0.3 is 0 Å². The average molecular weight is 359 g/mol. The highest BCUT2D eigenvalue weighted by atomic mass is 15.2. The van der Waals surface area contributed by atoms with E-state index in [-0.39, 0.29) is 0 Å².